The van der Waals surface area contributed by atoms with Crippen LogP contribution >= 0.6 is 0 Å². The first-order valence-electron chi connectivity index (χ1n) is 6.47. The number of carboxylic acid groups (broad SMARTS) is 1. The zero-order chi connectivity index (χ0) is 14.7. The number of aliphatic carboxylic acids is 1. The second-order valence-corrected chi connectivity index (χ2v) is 4.69. The Morgan fingerprint density at radius 3 is 2.70 bits per heavy atom. The number of hydrogen-bond acceptors (Lipinski definition) is 4. The van der Waals surface area contributed by atoms with E-state index in [1.54, 1.807) is 18.2 Å². The smallest absolute Gasteiger partial charge is 0.307 e. The molecular formula is C14H17NO5. The number of carbonyl (C=O) groups excluding carboxylic acids is 1. The molecule has 108 valence electrons. The third kappa shape index (κ3) is 3.08. The van der Waals surface area contributed by atoms with E-state index in [4.69, 9.17) is 9.84 Å². The Kier molecular flexibility index (Phi) is 4.24. The molecule has 3 N–H and O–H groups in total. The van der Waals surface area contributed by atoms with E-state index in [0.717, 1.165) is 0 Å². The van der Waals surface area contributed by atoms with Crippen LogP contribution < -0.4 is 10.1 Å². The number of amides is 1. The van der Waals surface area contributed by atoms with Crippen LogP contribution in [-0.2, 0) is 16.2 Å². The number of carbonyl (C=O) groups is 2. The van der Waals surface area contributed by atoms with Gasteiger partial charge in [-0.25, -0.2) is 0 Å². The van der Waals surface area contributed by atoms with Gasteiger partial charge in [-0.05, 0) is 31.5 Å². The summed E-state index contributed by atoms with van der Waals surface area (Å²) in [5, 5.41) is 20.7. The Labute approximate surface area is 116 Å². The molecule has 1 aliphatic carbocycles. The van der Waals surface area contributed by atoms with Crippen LogP contribution in [0.15, 0.2) is 18.2 Å². The summed E-state index contributed by atoms with van der Waals surface area (Å²) in [5.74, 6) is -1.70. The molecule has 6 nitrogen and oxygen atoms in total. The van der Waals surface area contributed by atoms with Crippen LogP contribution in [0.3, 0.4) is 0 Å². The number of rotatable bonds is 6. The normalized spacial score (nSPS) is 20.3. The summed E-state index contributed by atoms with van der Waals surface area (Å²) in [6, 6.07) is 4.97. The zero-order valence-corrected chi connectivity index (χ0v) is 11.1. The van der Waals surface area contributed by atoms with Gasteiger partial charge < -0.3 is 20.3 Å². The number of benzene rings is 1. The third-order valence-electron chi connectivity index (χ3n) is 3.24. The van der Waals surface area contributed by atoms with Gasteiger partial charge in [0.05, 0.1) is 25.0 Å². The average molecular weight is 279 g/mol. The minimum absolute atomic E-state index is 0.194. The van der Waals surface area contributed by atoms with E-state index < -0.39 is 17.8 Å². The minimum atomic E-state index is -0.937. The summed E-state index contributed by atoms with van der Waals surface area (Å²) in [6.45, 7) is 2.14. The highest BCUT2D eigenvalue weighted by Crippen LogP contribution is 2.39. The van der Waals surface area contributed by atoms with Crippen molar-refractivity contribution in [2.24, 2.45) is 11.8 Å². The summed E-state index contributed by atoms with van der Waals surface area (Å²) < 4.78 is 5.35. The molecule has 1 saturated carbocycles. The lowest BCUT2D eigenvalue weighted by molar-refractivity contribution is -0.139. The maximum atomic E-state index is 11.8. The van der Waals surface area contributed by atoms with Crippen molar-refractivity contribution in [1.82, 2.24) is 0 Å². The van der Waals surface area contributed by atoms with Crippen LogP contribution in [0.25, 0.3) is 0 Å². The van der Waals surface area contributed by atoms with Gasteiger partial charge in [-0.1, -0.05) is 0 Å². The fraction of sp³-hybridized carbons (Fsp3) is 0.429. The van der Waals surface area contributed by atoms with Gasteiger partial charge in [0.25, 0.3) is 0 Å². The van der Waals surface area contributed by atoms with Gasteiger partial charge in [-0.15, -0.1) is 0 Å². The van der Waals surface area contributed by atoms with Gasteiger partial charge in [-0.3, -0.25) is 9.59 Å². The number of aliphatic hydroxyl groups excluding tert-OH is 1. The molecule has 0 heterocycles. The standard InChI is InChI=1S/C14H17NO5/c1-2-20-12-4-3-9(5-8(12)7-16)15-13(17)10-6-11(10)14(18)19/h3-5,10-11,16H,2,6-7H2,1H3,(H,15,17)(H,18,19)/t10-,11+/m1/s1. The van der Waals surface area contributed by atoms with Crippen LogP contribution in [-0.4, -0.2) is 28.7 Å². The summed E-state index contributed by atoms with van der Waals surface area (Å²) in [5.41, 5.74) is 1.11. The lowest BCUT2D eigenvalue weighted by atomic mass is 10.1. The lowest BCUT2D eigenvalue weighted by Crippen LogP contribution is -2.17. The van der Waals surface area contributed by atoms with Crippen molar-refractivity contribution in [3.8, 4) is 5.75 Å². The largest absolute Gasteiger partial charge is 0.494 e. The van der Waals surface area contributed by atoms with E-state index in [1.165, 1.54) is 0 Å². The molecule has 0 aromatic heterocycles. The van der Waals surface area contributed by atoms with Crippen molar-refractivity contribution in [3.05, 3.63) is 23.8 Å². The first kappa shape index (κ1) is 14.3. The lowest BCUT2D eigenvalue weighted by Gasteiger charge is -2.11. The van der Waals surface area contributed by atoms with Crippen molar-refractivity contribution < 1.29 is 24.5 Å². The predicted molar refractivity (Wildman–Crippen MR) is 71.4 cm³/mol. The van der Waals surface area contributed by atoms with Crippen molar-refractivity contribution in [3.63, 3.8) is 0 Å². The summed E-state index contributed by atoms with van der Waals surface area (Å²) >= 11 is 0. The molecule has 0 saturated heterocycles. The van der Waals surface area contributed by atoms with E-state index in [-0.39, 0.29) is 12.5 Å². The van der Waals surface area contributed by atoms with Gasteiger partial charge in [0.2, 0.25) is 5.91 Å². The van der Waals surface area contributed by atoms with Gasteiger partial charge in [0.1, 0.15) is 5.75 Å². The first-order valence-corrected chi connectivity index (χ1v) is 6.47. The van der Waals surface area contributed by atoms with Gasteiger partial charge in [0, 0.05) is 11.3 Å². The molecule has 0 bridgehead atoms. The molecule has 1 aromatic rings. The SMILES string of the molecule is CCOc1ccc(NC(=O)[C@@H]2C[C@@H]2C(=O)O)cc1CO. The zero-order valence-electron chi connectivity index (χ0n) is 11.1. The van der Waals surface area contributed by atoms with Crippen LogP contribution in [0.4, 0.5) is 5.69 Å². The molecule has 1 amide bonds. The van der Waals surface area contributed by atoms with Crippen LogP contribution in [0.2, 0.25) is 0 Å². The molecule has 0 unspecified atom stereocenters. The number of carboxylic acids is 1. The van der Waals surface area contributed by atoms with E-state index in [9.17, 15) is 14.7 Å². The number of ether oxygens (including phenoxy) is 1. The van der Waals surface area contributed by atoms with E-state index in [2.05, 4.69) is 5.32 Å². The molecule has 2 atom stereocenters. The Balaban J connectivity index is 2.03. The first-order chi connectivity index (χ1) is 9.56. The Morgan fingerprint density at radius 1 is 1.40 bits per heavy atom. The molecule has 20 heavy (non-hydrogen) atoms. The van der Waals surface area contributed by atoms with E-state index >= 15 is 0 Å². The Morgan fingerprint density at radius 2 is 2.15 bits per heavy atom. The number of nitrogens with one attached hydrogen (secondary N) is 1. The van der Waals surface area contributed by atoms with Crippen molar-refractivity contribution in [1.29, 1.82) is 0 Å². The minimum Gasteiger partial charge on any atom is -0.494 e. The fourth-order valence-electron chi connectivity index (χ4n) is 2.07. The second-order valence-electron chi connectivity index (χ2n) is 4.69. The number of anilines is 1. The maximum absolute atomic E-state index is 11.8. The van der Waals surface area contributed by atoms with Crippen molar-refractivity contribution in [2.75, 3.05) is 11.9 Å². The van der Waals surface area contributed by atoms with Crippen LogP contribution in [0.5, 0.6) is 5.75 Å². The molecule has 2 rings (SSSR count). The number of hydrogen-bond donors (Lipinski definition) is 3. The van der Waals surface area contributed by atoms with Crippen LogP contribution in [0.1, 0.15) is 18.9 Å². The third-order valence-corrected chi connectivity index (χ3v) is 3.24. The van der Waals surface area contributed by atoms with Gasteiger partial charge in [0.15, 0.2) is 0 Å². The van der Waals surface area contributed by atoms with E-state index in [1.807, 2.05) is 6.92 Å². The predicted octanol–water partition coefficient (Wildman–Crippen LogP) is 1.24. The Hall–Kier alpha value is -2.08. The van der Waals surface area contributed by atoms with Gasteiger partial charge >= 0.3 is 5.97 Å². The molecule has 1 aromatic carbocycles. The quantitative estimate of drug-likeness (QED) is 0.728. The van der Waals surface area contributed by atoms with Crippen molar-refractivity contribution >= 4 is 17.6 Å². The Bertz CT molecular complexity index is 528. The van der Waals surface area contributed by atoms with Crippen molar-refractivity contribution in [2.45, 2.75) is 20.0 Å². The average Bonchev–Trinajstić information content (AvgIpc) is 3.21. The monoisotopic (exact) mass is 279 g/mol. The molecule has 6 heteroatoms. The molecule has 0 radical (unpaired) electrons. The molecule has 0 spiro atoms. The maximum Gasteiger partial charge on any atom is 0.307 e. The fourth-order valence-corrected chi connectivity index (χ4v) is 2.07. The number of aliphatic hydroxyl groups is 1. The highest BCUT2D eigenvalue weighted by Gasteiger charge is 2.48. The molecular weight excluding hydrogens is 262 g/mol. The van der Waals surface area contributed by atoms with E-state index in [0.29, 0.717) is 30.0 Å². The molecule has 0 aliphatic heterocycles. The highest BCUT2D eigenvalue weighted by atomic mass is 16.5. The molecule has 1 aliphatic rings. The molecule has 1 fully saturated rings. The topological polar surface area (TPSA) is 95.9 Å². The summed E-state index contributed by atoms with van der Waals surface area (Å²) in [4.78, 5) is 22.5. The summed E-state index contributed by atoms with van der Waals surface area (Å²) in [7, 11) is 0. The van der Waals surface area contributed by atoms with Crippen LogP contribution in [0, 0.1) is 11.8 Å². The second kappa shape index (κ2) is 5.92. The highest BCUT2D eigenvalue weighted by molar-refractivity contribution is 5.98. The summed E-state index contributed by atoms with van der Waals surface area (Å²) in [6.07, 6.45) is 0.380. The van der Waals surface area contributed by atoms with Gasteiger partial charge in [-0.2, -0.15) is 0 Å².